The van der Waals surface area contributed by atoms with E-state index in [2.05, 4.69) is 11.7 Å². The van der Waals surface area contributed by atoms with E-state index in [0.717, 1.165) is 37.8 Å². The van der Waals surface area contributed by atoms with E-state index >= 15 is 0 Å². The maximum atomic E-state index is 14.9. The van der Waals surface area contributed by atoms with Crippen molar-refractivity contribution in [3.63, 3.8) is 0 Å². The molecule has 0 amide bonds. The zero-order valence-corrected chi connectivity index (χ0v) is 19.3. The summed E-state index contributed by atoms with van der Waals surface area (Å²) in [6.07, 6.45) is -2.73. The maximum absolute atomic E-state index is 14.9. The highest BCUT2D eigenvalue weighted by molar-refractivity contribution is 5.33. The van der Waals surface area contributed by atoms with Crippen LogP contribution < -0.4 is 4.74 Å². The quantitative estimate of drug-likeness (QED) is 0.307. The van der Waals surface area contributed by atoms with Gasteiger partial charge in [0, 0.05) is 12.3 Å². The highest BCUT2D eigenvalue weighted by atomic mass is 19.3. The van der Waals surface area contributed by atoms with Gasteiger partial charge in [0.25, 0.3) is 5.92 Å². The second-order valence-electron chi connectivity index (χ2n) is 9.97. The van der Waals surface area contributed by atoms with Gasteiger partial charge in [0.15, 0.2) is 17.4 Å². The van der Waals surface area contributed by atoms with Crippen LogP contribution in [0, 0.1) is 29.4 Å². The molecule has 0 aromatic heterocycles. The zero-order chi connectivity index (χ0) is 25.1. The van der Waals surface area contributed by atoms with E-state index in [-0.39, 0.29) is 23.8 Å². The Morgan fingerprint density at radius 1 is 0.853 bits per heavy atom. The minimum atomic E-state index is -5.03. The van der Waals surface area contributed by atoms with Crippen molar-refractivity contribution < 1.29 is 39.9 Å². The summed E-state index contributed by atoms with van der Waals surface area (Å²) in [6, 6.07) is 1.60. The molecule has 3 rings (SSSR count). The van der Waals surface area contributed by atoms with Crippen LogP contribution in [0.3, 0.4) is 0 Å². The predicted molar refractivity (Wildman–Crippen MR) is 113 cm³/mol. The van der Waals surface area contributed by atoms with Crippen LogP contribution in [-0.2, 0) is 0 Å². The molecule has 0 heterocycles. The fourth-order valence-corrected chi connectivity index (χ4v) is 5.63. The SMILES string of the molecule is CCCC1CCC(C(F)(F)CC2CCC(c3cc(F)c(OC(F)(F)C(F)F)c(F)c3)CC2)CC1. The predicted octanol–water partition coefficient (Wildman–Crippen LogP) is 9.11. The highest BCUT2D eigenvalue weighted by Crippen LogP contribution is 2.47. The van der Waals surface area contributed by atoms with Gasteiger partial charge in [-0.05, 0) is 86.8 Å². The fourth-order valence-electron chi connectivity index (χ4n) is 5.63. The van der Waals surface area contributed by atoms with E-state index in [1.54, 1.807) is 0 Å². The Morgan fingerprint density at radius 2 is 1.38 bits per heavy atom. The number of halogens is 8. The third-order valence-corrected chi connectivity index (χ3v) is 7.53. The van der Waals surface area contributed by atoms with E-state index in [1.165, 1.54) is 0 Å². The van der Waals surface area contributed by atoms with Crippen molar-refractivity contribution in [1.29, 1.82) is 0 Å². The van der Waals surface area contributed by atoms with Gasteiger partial charge >= 0.3 is 12.5 Å². The van der Waals surface area contributed by atoms with Crippen LogP contribution in [0.5, 0.6) is 5.75 Å². The van der Waals surface area contributed by atoms with Crippen LogP contribution in [-0.4, -0.2) is 18.5 Å². The molecule has 0 aliphatic heterocycles. The molecule has 2 aliphatic rings. The Morgan fingerprint density at radius 3 is 1.88 bits per heavy atom. The molecule has 1 nitrogen and oxygen atoms in total. The lowest BCUT2D eigenvalue weighted by Gasteiger charge is -2.37. The summed E-state index contributed by atoms with van der Waals surface area (Å²) >= 11 is 0. The second kappa shape index (κ2) is 11.0. The average molecular weight is 501 g/mol. The molecule has 0 bridgehead atoms. The van der Waals surface area contributed by atoms with Crippen molar-refractivity contribution in [3.05, 3.63) is 29.3 Å². The van der Waals surface area contributed by atoms with Crippen molar-refractivity contribution in [3.8, 4) is 5.75 Å². The Labute approximate surface area is 195 Å². The molecule has 2 aliphatic carbocycles. The molecule has 0 saturated heterocycles. The van der Waals surface area contributed by atoms with Crippen molar-refractivity contribution in [2.75, 3.05) is 0 Å². The normalized spacial score (nSPS) is 26.6. The van der Waals surface area contributed by atoms with Crippen LogP contribution in [0.1, 0.15) is 89.0 Å². The van der Waals surface area contributed by atoms with Crippen molar-refractivity contribution in [2.45, 2.75) is 102 Å². The number of alkyl halides is 6. The first kappa shape index (κ1) is 27.1. The molecule has 194 valence electrons. The van der Waals surface area contributed by atoms with Gasteiger partial charge in [0.2, 0.25) is 0 Å². The van der Waals surface area contributed by atoms with Gasteiger partial charge in [-0.25, -0.2) is 17.6 Å². The third kappa shape index (κ3) is 6.56. The second-order valence-corrected chi connectivity index (χ2v) is 9.97. The minimum Gasteiger partial charge on any atom is -0.422 e. The number of ether oxygens (including phenoxy) is 1. The topological polar surface area (TPSA) is 9.23 Å². The maximum Gasteiger partial charge on any atom is 0.461 e. The fraction of sp³-hybridized carbons (Fsp3) is 0.760. The molecule has 0 N–H and O–H groups in total. The number of hydrogen-bond acceptors (Lipinski definition) is 1. The molecule has 0 unspecified atom stereocenters. The average Bonchev–Trinajstić information content (AvgIpc) is 2.77. The van der Waals surface area contributed by atoms with Gasteiger partial charge in [-0.15, -0.1) is 0 Å². The Kier molecular flexibility index (Phi) is 8.77. The molecule has 0 spiro atoms. The van der Waals surface area contributed by atoms with Crippen molar-refractivity contribution in [2.24, 2.45) is 17.8 Å². The van der Waals surface area contributed by atoms with Gasteiger partial charge in [0.05, 0.1) is 0 Å². The van der Waals surface area contributed by atoms with E-state index in [9.17, 15) is 35.1 Å². The summed E-state index contributed by atoms with van der Waals surface area (Å²) in [5.41, 5.74) is 0.183. The van der Waals surface area contributed by atoms with Gasteiger partial charge < -0.3 is 4.74 Å². The number of rotatable bonds is 9. The third-order valence-electron chi connectivity index (χ3n) is 7.53. The molecule has 2 saturated carbocycles. The molecule has 0 atom stereocenters. The Balaban J connectivity index is 1.55. The van der Waals surface area contributed by atoms with Crippen LogP contribution in [0.4, 0.5) is 35.1 Å². The van der Waals surface area contributed by atoms with Crippen molar-refractivity contribution in [1.82, 2.24) is 0 Å². The first-order chi connectivity index (χ1) is 15.9. The molecular weight excluding hydrogens is 468 g/mol. The Bertz CT molecular complexity index is 773. The summed E-state index contributed by atoms with van der Waals surface area (Å²) in [5, 5.41) is 0. The van der Waals surface area contributed by atoms with E-state index in [4.69, 9.17) is 0 Å². The minimum absolute atomic E-state index is 0.183. The summed E-state index contributed by atoms with van der Waals surface area (Å²) in [6.45, 7) is 2.11. The van der Waals surface area contributed by atoms with Crippen LogP contribution >= 0.6 is 0 Å². The first-order valence-corrected chi connectivity index (χ1v) is 12.1. The monoisotopic (exact) mass is 500 g/mol. The van der Waals surface area contributed by atoms with Crippen molar-refractivity contribution >= 4 is 0 Å². The summed E-state index contributed by atoms with van der Waals surface area (Å²) in [7, 11) is 0. The van der Waals surface area contributed by atoms with Gasteiger partial charge in [-0.1, -0.05) is 19.8 Å². The van der Waals surface area contributed by atoms with Gasteiger partial charge in [0.1, 0.15) is 0 Å². The number of benzene rings is 1. The molecule has 1 aromatic rings. The molecule has 0 radical (unpaired) electrons. The first-order valence-electron chi connectivity index (χ1n) is 12.1. The lowest BCUT2D eigenvalue weighted by atomic mass is 9.72. The lowest BCUT2D eigenvalue weighted by molar-refractivity contribution is -0.255. The molecule has 2 fully saturated rings. The largest absolute Gasteiger partial charge is 0.461 e. The smallest absolute Gasteiger partial charge is 0.422 e. The lowest BCUT2D eigenvalue weighted by Crippen LogP contribution is -2.34. The van der Waals surface area contributed by atoms with Crippen LogP contribution in [0.2, 0.25) is 0 Å². The van der Waals surface area contributed by atoms with Crippen LogP contribution in [0.15, 0.2) is 12.1 Å². The molecular formula is C25H32F8O. The van der Waals surface area contributed by atoms with Gasteiger partial charge in [-0.2, -0.15) is 17.6 Å². The van der Waals surface area contributed by atoms with E-state index in [0.29, 0.717) is 44.4 Å². The zero-order valence-electron chi connectivity index (χ0n) is 19.3. The number of hydrogen-bond donors (Lipinski definition) is 0. The highest BCUT2D eigenvalue weighted by Gasteiger charge is 2.46. The summed E-state index contributed by atoms with van der Waals surface area (Å²) < 4.78 is 113. The van der Waals surface area contributed by atoms with Gasteiger partial charge in [-0.3, -0.25) is 0 Å². The molecule has 34 heavy (non-hydrogen) atoms. The standard InChI is InChI=1S/C25H32F8O/c1-2-3-15-6-10-19(11-7-15)24(30,31)14-16-4-8-17(9-5-16)18-12-20(26)22(21(27)13-18)34-25(32,33)23(28)29/h12-13,15-17,19,23H,2-11,14H2,1H3. The van der Waals surface area contributed by atoms with Crippen LogP contribution in [0.25, 0.3) is 0 Å². The Hall–Kier alpha value is -1.54. The summed E-state index contributed by atoms with van der Waals surface area (Å²) in [5.74, 6) is -7.86. The van der Waals surface area contributed by atoms with E-state index in [1.807, 2.05) is 0 Å². The van der Waals surface area contributed by atoms with E-state index < -0.39 is 41.8 Å². The molecule has 9 heteroatoms. The summed E-state index contributed by atoms with van der Waals surface area (Å²) in [4.78, 5) is 0. The molecule has 1 aromatic carbocycles.